The van der Waals surface area contributed by atoms with Crippen molar-refractivity contribution in [1.29, 1.82) is 0 Å². The molecule has 3 aromatic rings. The Labute approximate surface area is 148 Å². The summed E-state index contributed by atoms with van der Waals surface area (Å²) >= 11 is 0. The van der Waals surface area contributed by atoms with Crippen LogP contribution in [-0.4, -0.2) is 23.3 Å². The van der Waals surface area contributed by atoms with E-state index in [1.54, 1.807) is 0 Å². The molecule has 0 spiro atoms. The van der Waals surface area contributed by atoms with Gasteiger partial charge >= 0.3 is 0 Å². The predicted molar refractivity (Wildman–Crippen MR) is 102 cm³/mol. The molecule has 1 aliphatic rings. The Morgan fingerprint density at radius 2 is 1.36 bits per heavy atom. The minimum atomic E-state index is -0.0324. The molecular formula is C23H21NO. The van der Waals surface area contributed by atoms with Crippen molar-refractivity contribution in [3.05, 3.63) is 96.1 Å². The van der Waals surface area contributed by atoms with E-state index in [9.17, 15) is 4.79 Å². The summed E-state index contributed by atoms with van der Waals surface area (Å²) in [6, 6.07) is 28.8. The molecule has 1 saturated heterocycles. The fourth-order valence-electron chi connectivity index (χ4n) is 3.61. The van der Waals surface area contributed by atoms with E-state index in [0.29, 0.717) is 0 Å². The van der Waals surface area contributed by atoms with Crippen molar-refractivity contribution in [2.75, 3.05) is 6.54 Å². The molecule has 0 aromatic heterocycles. The third-order valence-electron chi connectivity index (χ3n) is 4.98. The van der Waals surface area contributed by atoms with Crippen LogP contribution in [0.1, 0.15) is 28.9 Å². The lowest BCUT2D eigenvalue weighted by Gasteiger charge is -2.04. The highest BCUT2D eigenvalue weighted by molar-refractivity contribution is 6.02. The Bertz CT molecular complexity index is 856. The SMILES string of the molecule is CCN1C(C(=O)c2ccccc2)C1c1ccc(-c2ccccc2)cc1. The van der Waals surface area contributed by atoms with E-state index < -0.39 is 0 Å². The van der Waals surface area contributed by atoms with Crippen LogP contribution in [0, 0.1) is 0 Å². The van der Waals surface area contributed by atoms with Gasteiger partial charge in [0.1, 0.15) is 0 Å². The van der Waals surface area contributed by atoms with Gasteiger partial charge in [-0.25, -0.2) is 0 Å². The van der Waals surface area contributed by atoms with Crippen molar-refractivity contribution in [3.63, 3.8) is 0 Å². The maximum Gasteiger partial charge on any atom is 0.181 e. The van der Waals surface area contributed by atoms with Crippen LogP contribution in [-0.2, 0) is 0 Å². The standard InChI is InChI=1S/C23H21NO/c1-2-24-21(22(24)23(25)20-11-7-4-8-12-20)19-15-13-18(14-16-19)17-9-5-3-6-10-17/h3-16,21-22H,2H2,1H3. The summed E-state index contributed by atoms with van der Waals surface area (Å²) < 4.78 is 0. The summed E-state index contributed by atoms with van der Waals surface area (Å²) in [7, 11) is 0. The fraction of sp³-hybridized carbons (Fsp3) is 0.174. The van der Waals surface area contributed by atoms with Crippen LogP contribution in [0.4, 0.5) is 0 Å². The van der Waals surface area contributed by atoms with Crippen molar-refractivity contribution in [2.24, 2.45) is 0 Å². The van der Waals surface area contributed by atoms with E-state index in [1.165, 1.54) is 16.7 Å². The van der Waals surface area contributed by atoms with Gasteiger partial charge in [-0.2, -0.15) is 0 Å². The second kappa shape index (κ2) is 6.66. The molecule has 124 valence electrons. The average molecular weight is 327 g/mol. The van der Waals surface area contributed by atoms with Gasteiger partial charge in [0.15, 0.2) is 5.78 Å². The molecule has 25 heavy (non-hydrogen) atoms. The first-order valence-electron chi connectivity index (χ1n) is 8.80. The lowest BCUT2D eigenvalue weighted by molar-refractivity contribution is 0.0974. The maximum atomic E-state index is 12.8. The molecule has 0 aliphatic carbocycles. The molecule has 2 heteroatoms. The van der Waals surface area contributed by atoms with Gasteiger partial charge in [0.2, 0.25) is 0 Å². The van der Waals surface area contributed by atoms with Crippen LogP contribution in [0.3, 0.4) is 0 Å². The Morgan fingerprint density at radius 3 is 1.96 bits per heavy atom. The lowest BCUT2D eigenvalue weighted by Crippen LogP contribution is -2.12. The summed E-state index contributed by atoms with van der Waals surface area (Å²) in [5.41, 5.74) is 4.44. The van der Waals surface area contributed by atoms with Crippen molar-refractivity contribution >= 4 is 5.78 Å². The van der Waals surface area contributed by atoms with Gasteiger partial charge < -0.3 is 0 Å². The molecule has 2 nitrogen and oxygen atoms in total. The number of nitrogens with zero attached hydrogens (tertiary/aromatic N) is 1. The largest absolute Gasteiger partial charge is 0.292 e. The van der Waals surface area contributed by atoms with Gasteiger partial charge in [0.25, 0.3) is 0 Å². The number of carbonyl (C=O) groups excluding carboxylic acids is 1. The first kappa shape index (κ1) is 15.8. The number of ketones is 1. The fourth-order valence-corrected chi connectivity index (χ4v) is 3.61. The highest BCUT2D eigenvalue weighted by Crippen LogP contribution is 2.44. The first-order valence-corrected chi connectivity index (χ1v) is 8.80. The molecule has 3 atom stereocenters. The summed E-state index contributed by atoms with van der Waals surface area (Å²) in [6.07, 6.45) is 0. The molecule has 3 aromatic carbocycles. The highest BCUT2D eigenvalue weighted by atomic mass is 16.1. The Kier molecular flexibility index (Phi) is 4.21. The summed E-state index contributed by atoms with van der Waals surface area (Å²) in [5, 5.41) is 0. The molecule has 0 saturated carbocycles. The van der Waals surface area contributed by atoms with E-state index >= 15 is 0 Å². The molecule has 0 radical (unpaired) electrons. The van der Waals surface area contributed by atoms with Gasteiger partial charge in [-0.05, 0) is 23.2 Å². The number of likely N-dealkylation sites (N-methyl/N-ethyl adjacent to an activating group) is 1. The monoisotopic (exact) mass is 327 g/mol. The minimum Gasteiger partial charge on any atom is -0.292 e. The van der Waals surface area contributed by atoms with Crippen molar-refractivity contribution in [2.45, 2.75) is 19.0 Å². The number of Topliss-reactive ketones (excluding diaryl/α,β-unsaturated/α-hetero) is 1. The molecule has 1 aliphatic heterocycles. The van der Waals surface area contributed by atoms with Crippen LogP contribution >= 0.6 is 0 Å². The van der Waals surface area contributed by atoms with E-state index in [0.717, 1.165) is 12.1 Å². The summed E-state index contributed by atoms with van der Waals surface area (Å²) in [6.45, 7) is 3.00. The smallest absolute Gasteiger partial charge is 0.181 e. The van der Waals surface area contributed by atoms with Gasteiger partial charge in [0, 0.05) is 5.56 Å². The molecular weight excluding hydrogens is 306 g/mol. The lowest BCUT2D eigenvalue weighted by atomic mass is 10.00. The van der Waals surface area contributed by atoms with Crippen LogP contribution < -0.4 is 0 Å². The van der Waals surface area contributed by atoms with E-state index in [4.69, 9.17) is 0 Å². The van der Waals surface area contributed by atoms with Crippen LogP contribution in [0.15, 0.2) is 84.9 Å². The second-order valence-corrected chi connectivity index (χ2v) is 6.44. The normalized spacial score (nSPS) is 21.7. The molecule has 1 fully saturated rings. The van der Waals surface area contributed by atoms with Crippen molar-refractivity contribution < 1.29 is 4.79 Å². The van der Waals surface area contributed by atoms with Gasteiger partial charge in [-0.1, -0.05) is 91.9 Å². The number of hydrogen-bond donors (Lipinski definition) is 0. The van der Waals surface area contributed by atoms with E-state index in [1.807, 2.05) is 36.4 Å². The molecule has 0 bridgehead atoms. The topological polar surface area (TPSA) is 20.1 Å². The summed E-state index contributed by atoms with van der Waals surface area (Å²) in [5.74, 6) is 0.222. The zero-order valence-corrected chi connectivity index (χ0v) is 14.3. The quantitative estimate of drug-likeness (QED) is 0.486. The molecule has 1 heterocycles. The third-order valence-corrected chi connectivity index (χ3v) is 4.98. The number of hydrogen-bond acceptors (Lipinski definition) is 2. The molecule has 3 unspecified atom stereocenters. The van der Waals surface area contributed by atoms with Gasteiger partial charge in [-0.15, -0.1) is 0 Å². The molecule has 4 rings (SSSR count). The Hall–Kier alpha value is -2.71. The van der Waals surface area contributed by atoms with Crippen LogP contribution in [0.2, 0.25) is 0 Å². The first-order chi connectivity index (χ1) is 12.3. The van der Waals surface area contributed by atoms with Crippen molar-refractivity contribution in [1.82, 2.24) is 4.90 Å². The Balaban J connectivity index is 1.56. The Morgan fingerprint density at radius 1 is 0.800 bits per heavy atom. The summed E-state index contributed by atoms with van der Waals surface area (Å²) in [4.78, 5) is 15.1. The average Bonchev–Trinajstić information content (AvgIpc) is 3.43. The second-order valence-electron chi connectivity index (χ2n) is 6.44. The van der Waals surface area contributed by atoms with E-state index in [2.05, 4.69) is 60.4 Å². The zero-order valence-electron chi connectivity index (χ0n) is 14.3. The number of rotatable bonds is 5. The van der Waals surface area contributed by atoms with Crippen molar-refractivity contribution in [3.8, 4) is 11.1 Å². The highest BCUT2D eigenvalue weighted by Gasteiger charge is 2.51. The molecule has 0 N–H and O–H groups in total. The van der Waals surface area contributed by atoms with Gasteiger partial charge in [-0.3, -0.25) is 9.69 Å². The van der Waals surface area contributed by atoms with Crippen LogP contribution in [0.5, 0.6) is 0 Å². The van der Waals surface area contributed by atoms with Crippen LogP contribution in [0.25, 0.3) is 11.1 Å². The number of benzene rings is 3. The van der Waals surface area contributed by atoms with E-state index in [-0.39, 0.29) is 17.9 Å². The number of carbonyl (C=O) groups is 1. The zero-order chi connectivity index (χ0) is 17.2. The minimum absolute atomic E-state index is 0.0324. The van der Waals surface area contributed by atoms with Gasteiger partial charge in [0.05, 0.1) is 12.1 Å². The third kappa shape index (κ3) is 3.01. The predicted octanol–water partition coefficient (Wildman–Crippen LogP) is 4.98. The molecule has 0 amide bonds. The maximum absolute atomic E-state index is 12.8.